The van der Waals surface area contributed by atoms with Gasteiger partial charge < -0.3 is 40.7 Å². The van der Waals surface area contributed by atoms with Crippen molar-refractivity contribution in [3.8, 4) is 5.75 Å². The van der Waals surface area contributed by atoms with Crippen LogP contribution in [0.15, 0.2) is 72.8 Å². The first-order valence-corrected chi connectivity index (χ1v) is 13.2. The van der Waals surface area contributed by atoms with Gasteiger partial charge >= 0.3 is 6.03 Å². The predicted molar refractivity (Wildman–Crippen MR) is 152 cm³/mol. The Bertz CT molecular complexity index is 1130. The maximum atomic E-state index is 12.2. The van der Waals surface area contributed by atoms with E-state index >= 15 is 0 Å². The predicted octanol–water partition coefficient (Wildman–Crippen LogP) is 4.56. The standard InChI is InChI=1S/C30H39N3O6/c34-21-25-19-24(12-13-28(25)35)29(36)20-31-14-5-2-6-15-38-16-17-39-22-23-8-7-11-27(18-23)33-30(37)32-26-9-3-1-4-10-26/h1,3-4,7-13,18-19,29,31,34-36H,2,5-6,14-17,20-22H2,(H2,32,33,37)/t29-/m1/s1. The van der Waals surface area contributed by atoms with Crippen molar-refractivity contribution in [2.24, 2.45) is 0 Å². The first kappa shape index (κ1) is 30.1. The number of carbonyl (C=O) groups is 1. The fourth-order valence-corrected chi connectivity index (χ4v) is 3.89. The van der Waals surface area contributed by atoms with Crippen molar-refractivity contribution in [2.75, 3.05) is 43.5 Å². The molecule has 2 amide bonds. The van der Waals surface area contributed by atoms with Gasteiger partial charge in [-0.25, -0.2) is 4.79 Å². The lowest BCUT2D eigenvalue weighted by Gasteiger charge is -2.14. The Morgan fingerprint density at radius 3 is 2.41 bits per heavy atom. The molecule has 0 bridgehead atoms. The summed E-state index contributed by atoms with van der Waals surface area (Å²) in [4.78, 5) is 12.2. The number of urea groups is 1. The number of nitrogens with one attached hydrogen (secondary N) is 3. The first-order valence-electron chi connectivity index (χ1n) is 13.2. The van der Waals surface area contributed by atoms with Crippen LogP contribution in [0.4, 0.5) is 16.2 Å². The molecule has 0 radical (unpaired) electrons. The van der Waals surface area contributed by atoms with Crippen molar-refractivity contribution in [2.45, 2.75) is 38.6 Å². The maximum Gasteiger partial charge on any atom is 0.323 e. The van der Waals surface area contributed by atoms with Crippen LogP contribution < -0.4 is 16.0 Å². The third kappa shape index (κ3) is 11.4. The van der Waals surface area contributed by atoms with Crippen LogP contribution in [0.2, 0.25) is 0 Å². The first-order chi connectivity index (χ1) is 19.0. The summed E-state index contributed by atoms with van der Waals surface area (Å²) in [7, 11) is 0. The van der Waals surface area contributed by atoms with E-state index < -0.39 is 6.10 Å². The number of aromatic hydroxyl groups is 1. The lowest BCUT2D eigenvalue weighted by molar-refractivity contribution is 0.0393. The molecule has 3 rings (SSSR count). The zero-order chi connectivity index (χ0) is 27.7. The number of hydrogen-bond acceptors (Lipinski definition) is 7. The summed E-state index contributed by atoms with van der Waals surface area (Å²) in [6.07, 6.45) is 2.23. The minimum absolute atomic E-state index is 0.0277. The quantitative estimate of drug-likeness (QED) is 0.139. The van der Waals surface area contributed by atoms with Gasteiger partial charge in [0.05, 0.1) is 32.5 Å². The van der Waals surface area contributed by atoms with Gasteiger partial charge in [0.1, 0.15) is 5.75 Å². The van der Waals surface area contributed by atoms with Gasteiger partial charge in [-0.05, 0) is 73.3 Å². The summed E-state index contributed by atoms with van der Waals surface area (Å²) in [6, 6.07) is 21.3. The zero-order valence-electron chi connectivity index (χ0n) is 22.1. The summed E-state index contributed by atoms with van der Waals surface area (Å²) in [5.41, 5.74) is 3.46. The van der Waals surface area contributed by atoms with E-state index in [1.807, 2.05) is 54.6 Å². The number of para-hydroxylation sites is 1. The number of phenols is 1. The fraction of sp³-hybridized carbons (Fsp3) is 0.367. The normalized spacial score (nSPS) is 11.7. The smallest absolute Gasteiger partial charge is 0.323 e. The van der Waals surface area contributed by atoms with E-state index in [-0.39, 0.29) is 18.4 Å². The van der Waals surface area contributed by atoms with E-state index in [9.17, 15) is 20.1 Å². The van der Waals surface area contributed by atoms with Crippen LogP contribution in [0.1, 0.15) is 42.1 Å². The molecule has 0 saturated heterocycles. The molecule has 0 unspecified atom stereocenters. The number of aliphatic hydroxyl groups excluding tert-OH is 2. The van der Waals surface area contributed by atoms with E-state index in [1.54, 1.807) is 12.1 Å². The highest BCUT2D eigenvalue weighted by Gasteiger charge is 2.10. The van der Waals surface area contributed by atoms with Gasteiger partial charge in [-0.3, -0.25) is 0 Å². The van der Waals surface area contributed by atoms with Gasteiger partial charge in [0, 0.05) is 30.1 Å². The summed E-state index contributed by atoms with van der Waals surface area (Å²) in [5, 5.41) is 38.0. The second-order valence-corrected chi connectivity index (χ2v) is 9.14. The molecule has 0 aliphatic carbocycles. The number of amides is 2. The third-order valence-corrected chi connectivity index (χ3v) is 6.00. The number of ether oxygens (including phenoxy) is 2. The lowest BCUT2D eigenvalue weighted by atomic mass is 10.1. The molecule has 0 saturated carbocycles. The Morgan fingerprint density at radius 1 is 0.821 bits per heavy atom. The monoisotopic (exact) mass is 537 g/mol. The second kappa shape index (κ2) is 17.2. The second-order valence-electron chi connectivity index (χ2n) is 9.14. The molecular weight excluding hydrogens is 498 g/mol. The van der Waals surface area contributed by atoms with E-state index in [1.165, 1.54) is 6.07 Å². The van der Waals surface area contributed by atoms with Gasteiger partial charge in [0.15, 0.2) is 0 Å². The topological polar surface area (TPSA) is 132 Å². The van der Waals surface area contributed by atoms with E-state index in [0.29, 0.717) is 49.8 Å². The molecule has 0 aliphatic rings. The number of hydrogen-bond donors (Lipinski definition) is 6. The summed E-state index contributed by atoms with van der Waals surface area (Å²) >= 11 is 0. The van der Waals surface area contributed by atoms with Gasteiger partial charge in [-0.2, -0.15) is 0 Å². The van der Waals surface area contributed by atoms with Crippen LogP contribution in [-0.2, 0) is 22.7 Å². The van der Waals surface area contributed by atoms with E-state index in [0.717, 1.165) is 37.1 Å². The molecule has 1 atom stereocenters. The molecule has 39 heavy (non-hydrogen) atoms. The van der Waals surface area contributed by atoms with E-state index in [4.69, 9.17) is 9.47 Å². The van der Waals surface area contributed by atoms with Gasteiger partial charge in [-0.15, -0.1) is 0 Å². The highest BCUT2D eigenvalue weighted by atomic mass is 16.5. The molecular formula is C30H39N3O6. The SMILES string of the molecule is O=C(Nc1ccccc1)Nc1cccc(COCCOCCCCCNC[C@@H](O)c2ccc(O)c(CO)c2)c1. The number of aliphatic hydroxyl groups is 2. The van der Waals surface area contributed by atoms with Crippen LogP contribution in [-0.4, -0.2) is 54.3 Å². The van der Waals surface area contributed by atoms with Crippen molar-refractivity contribution in [3.05, 3.63) is 89.5 Å². The molecule has 6 N–H and O–H groups in total. The van der Waals surface area contributed by atoms with Crippen LogP contribution in [0.25, 0.3) is 0 Å². The number of carbonyl (C=O) groups excluding carboxylic acids is 1. The Balaban J connectivity index is 1.17. The molecule has 0 aromatic heterocycles. The Labute approximate surface area is 229 Å². The van der Waals surface area contributed by atoms with Gasteiger partial charge in [0.25, 0.3) is 0 Å². The van der Waals surface area contributed by atoms with Crippen molar-refractivity contribution < 1.29 is 29.6 Å². The number of anilines is 2. The average molecular weight is 538 g/mol. The van der Waals surface area contributed by atoms with Gasteiger partial charge in [0.2, 0.25) is 0 Å². The fourth-order valence-electron chi connectivity index (χ4n) is 3.89. The van der Waals surface area contributed by atoms with Crippen molar-refractivity contribution in [3.63, 3.8) is 0 Å². The van der Waals surface area contributed by atoms with Crippen LogP contribution in [0.3, 0.4) is 0 Å². The highest BCUT2D eigenvalue weighted by molar-refractivity contribution is 5.99. The van der Waals surface area contributed by atoms with Crippen molar-refractivity contribution in [1.29, 1.82) is 0 Å². The van der Waals surface area contributed by atoms with Crippen LogP contribution in [0.5, 0.6) is 5.75 Å². The molecule has 0 spiro atoms. The molecule has 0 fully saturated rings. The molecule has 0 aliphatic heterocycles. The molecule has 9 heteroatoms. The third-order valence-electron chi connectivity index (χ3n) is 6.00. The number of unbranched alkanes of at least 4 members (excludes halogenated alkanes) is 2. The molecule has 0 heterocycles. The summed E-state index contributed by atoms with van der Waals surface area (Å²) in [6.45, 7) is 3.03. The Hall–Kier alpha value is -3.47. The van der Waals surface area contributed by atoms with Crippen molar-refractivity contribution >= 4 is 17.4 Å². The lowest BCUT2D eigenvalue weighted by Crippen LogP contribution is -2.22. The van der Waals surface area contributed by atoms with Crippen LogP contribution in [0, 0.1) is 0 Å². The number of benzene rings is 3. The highest BCUT2D eigenvalue weighted by Crippen LogP contribution is 2.22. The van der Waals surface area contributed by atoms with Gasteiger partial charge in [-0.1, -0.05) is 36.4 Å². The molecule has 210 valence electrons. The summed E-state index contributed by atoms with van der Waals surface area (Å²) in [5.74, 6) is 0.0277. The average Bonchev–Trinajstić information content (AvgIpc) is 2.94. The van der Waals surface area contributed by atoms with Crippen LogP contribution >= 0.6 is 0 Å². The zero-order valence-corrected chi connectivity index (χ0v) is 22.1. The number of rotatable bonds is 17. The minimum Gasteiger partial charge on any atom is -0.508 e. The minimum atomic E-state index is -0.697. The largest absolute Gasteiger partial charge is 0.508 e. The maximum absolute atomic E-state index is 12.2. The Kier molecular flexibility index (Phi) is 13.3. The summed E-state index contributed by atoms with van der Waals surface area (Å²) < 4.78 is 11.3. The molecule has 9 nitrogen and oxygen atoms in total. The Morgan fingerprint density at radius 2 is 1.59 bits per heavy atom. The molecule has 3 aromatic carbocycles. The van der Waals surface area contributed by atoms with E-state index in [2.05, 4.69) is 16.0 Å². The molecule has 3 aromatic rings. The van der Waals surface area contributed by atoms with Crippen molar-refractivity contribution in [1.82, 2.24) is 5.32 Å².